The summed E-state index contributed by atoms with van der Waals surface area (Å²) in [6.45, 7) is 8.25. The van der Waals surface area contributed by atoms with Crippen LogP contribution in [0.5, 0.6) is 0 Å². The van der Waals surface area contributed by atoms with Crippen LogP contribution in [0.15, 0.2) is 30.7 Å². The zero-order chi connectivity index (χ0) is 13.0. The molecular weight excluding hydrogens is 230 g/mol. The van der Waals surface area contributed by atoms with E-state index in [4.69, 9.17) is 0 Å². The van der Waals surface area contributed by atoms with E-state index in [1.54, 1.807) is 30.3 Å². The van der Waals surface area contributed by atoms with Crippen molar-refractivity contribution < 1.29 is 4.79 Å². The number of amides is 2. The number of carbonyl (C=O) groups excluding carboxylic acids is 1. The van der Waals surface area contributed by atoms with Crippen LogP contribution in [0.25, 0.3) is 0 Å². The number of hydrogen-bond donors (Lipinski definition) is 1. The third kappa shape index (κ3) is 2.97. The second-order valence-electron chi connectivity index (χ2n) is 4.23. The number of piperazine rings is 1. The van der Waals surface area contributed by atoms with Gasteiger partial charge in [0.15, 0.2) is 0 Å². The molecule has 6 heteroatoms. The highest BCUT2D eigenvalue weighted by Gasteiger charge is 2.22. The van der Waals surface area contributed by atoms with Crippen LogP contribution in [-0.4, -0.2) is 47.1 Å². The summed E-state index contributed by atoms with van der Waals surface area (Å²) in [6, 6.07) is 1.70. The van der Waals surface area contributed by atoms with Gasteiger partial charge in [-0.25, -0.2) is 14.8 Å². The predicted molar refractivity (Wildman–Crippen MR) is 69.2 cm³/mol. The van der Waals surface area contributed by atoms with Gasteiger partial charge in [0.2, 0.25) is 5.95 Å². The molecule has 0 spiro atoms. The maximum Gasteiger partial charge on any atom is 0.321 e. The van der Waals surface area contributed by atoms with Gasteiger partial charge in [0.05, 0.1) is 0 Å². The Labute approximate surface area is 106 Å². The Morgan fingerprint density at radius 2 is 1.89 bits per heavy atom. The van der Waals surface area contributed by atoms with Crippen molar-refractivity contribution in [3.05, 3.63) is 30.7 Å². The van der Waals surface area contributed by atoms with Gasteiger partial charge >= 0.3 is 6.03 Å². The topological polar surface area (TPSA) is 61.4 Å². The lowest BCUT2D eigenvalue weighted by Gasteiger charge is -2.34. The normalized spacial score (nSPS) is 15.4. The molecule has 2 amide bonds. The lowest BCUT2D eigenvalue weighted by atomic mass is 10.3. The van der Waals surface area contributed by atoms with Crippen LogP contribution in [0.4, 0.5) is 10.7 Å². The van der Waals surface area contributed by atoms with Crippen molar-refractivity contribution in [2.75, 3.05) is 31.1 Å². The molecule has 6 nitrogen and oxygen atoms in total. The van der Waals surface area contributed by atoms with Gasteiger partial charge in [-0.05, 0) is 13.0 Å². The minimum Gasteiger partial charge on any atom is -0.337 e. The Hall–Kier alpha value is -2.11. The van der Waals surface area contributed by atoms with E-state index in [9.17, 15) is 4.79 Å². The molecule has 1 aromatic heterocycles. The Morgan fingerprint density at radius 1 is 1.28 bits per heavy atom. The van der Waals surface area contributed by atoms with Crippen LogP contribution in [-0.2, 0) is 0 Å². The fourth-order valence-electron chi connectivity index (χ4n) is 1.83. The summed E-state index contributed by atoms with van der Waals surface area (Å²) in [5.74, 6) is 0.720. The Kier molecular flexibility index (Phi) is 3.76. The van der Waals surface area contributed by atoms with E-state index in [0.29, 0.717) is 18.8 Å². The zero-order valence-corrected chi connectivity index (χ0v) is 10.5. The first-order chi connectivity index (χ1) is 8.66. The number of rotatable bonds is 2. The van der Waals surface area contributed by atoms with E-state index in [1.165, 1.54) is 0 Å². The molecule has 1 N–H and O–H groups in total. The molecule has 2 rings (SSSR count). The molecule has 0 radical (unpaired) electrons. The van der Waals surface area contributed by atoms with Gasteiger partial charge in [0.25, 0.3) is 0 Å². The van der Waals surface area contributed by atoms with Crippen molar-refractivity contribution in [1.29, 1.82) is 0 Å². The average molecular weight is 247 g/mol. The average Bonchev–Trinajstić information content (AvgIpc) is 2.39. The van der Waals surface area contributed by atoms with E-state index in [2.05, 4.69) is 26.8 Å². The van der Waals surface area contributed by atoms with Gasteiger partial charge in [0, 0.05) is 44.3 Å². The first-order valence-electron chi connectivity index (χ1n) is 5.90. The number of anilines is 1. The zero-order valence-electron chi connectivity index (χ0n) is 10.5. The SMILES string of the molecule is C=C(C)NC(=O)N1CCN(c2ncccn2)CC1. The van der Waals surface area contributed by atoms with Crippen LogP contribution in [0, 0.1) is 0 Å². The van der Waals surface area contributed by atoms with Crippen LogP contribution >= 0.6 is 0 Å². The van der Waals surface area contributed by atoms with Crippen molar-refractivity contribution in [2.45, 2.75) is 6.92 Å². The summed E-state index contributed by atoms with van der Waals surface area (Å²) in [5, 5.41) is 2.71. The third-order valence-corrected chi connectivity index (χ3v) is 2.72. The predicted octanol–water partition coefficient (Wildman–Crippen LogP) is 0.842. The Morgan fingerprint density at radius 3 is 2.44 bits per heavy atom. The molecule has 2 heterocycles. The second-order valence-corrected chi connectivity index (χ2v) is 4.23. The monoisotopic (exact) mass is 247 g/mol. The molecule has 1 saturated heterocycles. The van der Waals surface area contributed by atoms with E-state index in [1.807, 2.05) is 0 Å². The van der Waals surface area contributed by atoms with Crippen molar-refractivity contribution in [3.63, 3.8) is 0 Å². The number of aromatic nitrogens is 2. The highest BCUT2D eigenvalue weighted by Crippen LogP contribution is 2.09. The lowest BCUT2D eigenvalue weighted by Crippen LogP contribution is -2.51. The molecule has 1 aliphatic rings. The lowest BCUT2D eigenvalue weighted by molar-refractivity contribution is 0.197. The molecule has 96 valence electrons. The molecule has 1 aromatic rings. The first kappa shape index (κ1) is 12.3. The molecule has 0 saturated carbocycles. The number of urea groups is 1. The largest absolute Gasteiger partial charge is 0.337 e. The number of allylic oxidation sites excluding steroid dienone is 1. The molecule has 0 bridgehead atoms. The number of hydrogen-bond acceptors (Lipinski definition) is 4. The maximum atomic E-state index is 11.8. The number of nitrogens with zero attached hydrogens (tertiary/aromatic N) is 4. The van der Waals surface area contributed by atoms with Crippen molar-refractivity contribution in [3.8, 4) is 0 Å². The van der Waals surface area contributed by atoms with Gasteiger partial charge in [-0.2, -0.15) is 0 Å². The van der Waals surface area contributed by atoms with Gasteiger partial charge < -0.3 is 15.1 Å². The van der Waals surface area contributed by atoms with Crippen molar-refractivity contribution in [1.82, 2.24) is 20.2 Å². The number of carbonyl (C=O) groups is 1. The molecule has 0 unspecified atom stereocenters. The van der Waals surface area contributed by atoms with Crippen molar-refractivity contribution >= 4 is 12.0 Å². The van der Waals surface area contributed by atoms with Crippen LogP contribution in [0.3, 0.4) is 0 Å². The Bertz CT molecular complexity index is 425. The molecule has 0 aliphatic carbocycles. The van der Waals surface area contributed by atoms with Gasteiger partial charge in [-0.1, -0.05) is 6.58 Å². The summed E-state index contributed by atoms with van der Waals surface area (Å²) in [7, 11) is 0. The van der Waals surface area contributed by atoms with Crippen molar-refractivity contribution in [2.24, 2.45) is 0 Å². The van der Waals surface area contributed by atoms with Gasteiger partial charge in [-0.3, -0.25) is 0 Å². The van der Waals surface area contributed by atoms with E-state index >= 15 is 0 Å². The summed E-state index contributed by atoms with van der Waals surface area (Å²) in [6.07, 6.45) is 3.45. The van der Waals surface area contributed by atoms with Crippen LogP contribution in [0.1, 0.15) is 6.92 Å². The molecular formula is C12H17N5O. The maximum absolute atomic E-state index is 11.8. The Balaban J connectivity index is 1.88. The summed E-state index contributed by atoms with van der Waals surface area (Å²) in [5.41, 5.74) is 0.661. The molecule has 18 heavy (non-hydrogen) atoms. The minimum atomic E-state index is -0.0869. The summed E-state index contributed by atoms with van der Waals surface area (Å²) in [4.78, 5) is 24.0. The van der Waals surface area contributed by atoms with Crippen LogP contribution in [0.2, 0.25) is 0 Å². The summed E-state index contributed by atoms with van der Waals surface area (Å²) >= 11 is 0. The minimum absolute atomic E-state index is 0.0869. The fraction of sp³-hybridized carbons (Fsp3) is 0.417. The molecule has 0 aromatic carbocycles. The third-order valence-electron chi connectivity index (χ3n) is 2.72. The van der Waals surface area contributed by atoms with E-state index in [-0.39, 0.29) is 6.03 Å². The fourth-order valence-corrected chi connectivity index (χ4v) is 1.83. The van der Waals surface area contributed by atoms with Crippen LogP contribution < -0.4 is 10.2 Å². The summed E-state index contributed by atoms with van der Waals surface area (Å²) < 4.78 is 0. The first-order valence-corrected chi connectivity index (χ1v) is 5.90. The van der Waals surface area contributed by atoms with Gasteiger partial charge in [0.1, 0.15) is 0 Å². The molecule has 1 fully saturated rings. The van der Waals surface area contributed by atoms with E-state index in [0.717, 1.165) is 19.0 Å². The number of nitrogens with one attached hydrogen (secondary N) is 1. The quantitative estimate of drug-likeness (QED) is 0.841. The highest BCUT2D eigenvalue weighted by molar-refractivity contribution is 5.76. The van der Waals surface area contributed by atoms with Gasteiger partial charge in [-0.15, -0.1) is 0 Å². The van der Waals surface area contributed by atoms with E-state index < -0.39 is 0 Å². The second kappa shape index (κ2) is 5.48. The smallest absolute Gasteiger partial charge is 0.321 e. The molecule has 1 aliphatic heterocycles. The molecule has 0 atom stereocenters. The highest BCUT2D eigenvalue weighted by atomic mass is 16.2. The standard InChI is InChI=1S/C12H17N5O/c1-10(2)15-12(18)17-8-6-16(7-9-17)11-13-4-3-5-14-11/h3-5H,1,6-9H2,2H3,(H,15,18).